The van der Waals surface area contributed by atoms with Crippen LogP contribution in [-0.4, -0.2) is 22.7 Å². The molecule has 35 heavy (non-hydrogen) atoms. The van der Waals surface area contributed by atoms with Gasteiger partial charge in [0, 0.05) is 13.0 Å². The van der Waals surface area contributed by atoms with E-state index in [1.165, 1.54) is 6.08 Å². The zero-order chi connectivity index (χ0) is 25.4. The number of carbonyl (C=O) groups is 2. The standard InChI is InChI=1S/C28H32N4O3/c1-20-23(21(2)32(31-20)19-11-14-22-12-7-6-8-13-22)17-18-26(33)29-24-15-9-10-16-25(24)30-27(34)35-28(3,4)5/h6-18H,19H2,1-5H3,(H2,29,30,33,34)/p+1/b14-11+,18-17+. The van der Waals surface area contributed by atoms with E-state index >= 15 is 0 Å². The molecule has 3 aromatic rings. The van der Waals surface area contributed by atoms with Gasteiger partial charge in [-0.05, 0) is 57.5 Å². The van der Waals surface area contributed by atoms with Crippen molar-refractivity contribution in [3.05, 3.63) is 89.3 Å². The Morgan fingerprint density at radius 3 is 2.23 bits per heavy atom. The van der Waals surface area contributed by atoms with Crippen LogP contribution in [-0.2, 0) is 16.1 Å². The van der Waals surface area contributed by atoms with Crippen LogP contribution in [0.3, 0.4) is 0 Å². The number of anilines is 2. The second kappa shape index (κ2) is 11.3. The molecule has 2 amide bonds. The van der Waals surface area contributed by atoms with Gasteiger partial charge < -0.3 is 10.1 Å². The van der Waals surface area contributed by atoms with Crippen LogP contribution in [0.1, 0.15) is 43.3 Å². The van der Waals surface area contributed by atoms with E-state index in [0.29, 0.717) is 17.9 Å². The van der Waals surface area contributed by atoms with E-state index < -0.39 is 11.7 Å². The third-order valence-electron chi connectivity index (χ3n) is 5.12. The van der Waals surface area contributed by atoms with Crippen LogP contribution >= 0.6 is 0 Å². The number of aromatic nitrogens is 2. The van der Waals surface area contributed by atoms with E-state index in [0.717, 1.165) is 22.5 Å². The van der Waals surface area contributed by atoms with Gasteiger partial charge >= 0.3 is 6.09 Å². The number of carbonyl (C=O) groups excluding carboxylic acids is 2. The molecular formula is C28H33N4O3+. The van der Waals surface area contributed by atoms with Crippen molar-refractivity contribution in [2.24, 2.45) is 0 Å². The van der Waals surface area contributed by atoms with Gasteiger partial charge in [0.15, 0.2) is 6.54 Å². The summed E-state index contributed by atoms with van der Waals surface area (Å²) >= 11 is 0. The minimum absolute atomic E-state index is 0.307. The molecule has 0 bridgehead atoms. The Labute approximate surface area is 206 Å². The van der Waals surface area contributed by atoms with Crippen LogP contribution in [0, 0.1) is 13.8 Å². The number of nitrogens with one attached hydrogen (secondary N) is 3. The van der Waals surface area contributed by atoms with Crippen molar-refractivity contribution in [3.63, 3.8) is 0 Å². The predicted octanol–water partition coefficient (Wildman–Crippen LogP) is 5.63. The summed E-state index contributed by atoms with van der Waals surface area (Å²) in [6, 6.07) is 17.1. The fourth-order valence-electron chi connectivity index (χ4n) is 3.50. The lowest BCUT2D eigenvalue weighted by Gasteiger charge is -2.20. The fraction of sp³-hybridized carbons (Fsp3) is 0.250. The maximum Gasteiger partial charge on any atom is 0.412 e. The summed E-state index contributed by atoms with van der Waals surface area (Å²) in [6.07, 6.45) is 6.86. The number of hydrogen-bond donors (Lipinski definition) is 3. The predicted molar refractivity (Wildman–Crippen MR) is 140 cm³/mol. The van der Waals surface area contributed by atoms with Crippen LogP contribution in [0.25, 0.3) is 12.2 Å². The molecule has 0 spiro atoms. The second-order valence-corrected chi connectivity index (χ2v) is 9.15. The minimum Gasteiger partial charge on any atom is -0.444 e. The highest BCUT2D eigenvalue weighted by Gasteiger charge is 2.18. The number of rotatable bonds is 7. The summed E-state index contributed by atoms with van der Waals surface area (Å²) in [5.74, 6) is -0.307. The maximum atomic E-state index is 12.6. The number of aryl methyl sites for hydroxylation is 1. The molecule has 182 valence electrons. The number of aromatic amines is 1. The molecule has 0 unspecified atom stereocenters. The Morgan fingerprint density at radius 1 is 0.943 bits per heavy atom. The molecule has 0 aliphatic rings. The van der Waals surface area contributed by atoms with E-state index in [2.05, 4.69) is 40.0 Å². The maximum absolute atomic E-state index is 12.6. The number of nitrogens with zero attached hydrogens (tertiary/aromatic N) is 1. The van der Waals surface area contributed by atoms with Crippen LogP contribution in [0.5, 0.6) is 0 Å². The molecule has 0 fully saturated rings. The van der Waals surface area contributed by atoms with Crippen LogP contribution < -0.4 is 15.3 Å². The molecule has 0 saturated heterocycles. The first-order valence-corrected chi connectivity index (χ1v) is 11.5. The number of allylic oxidation sites excluding steroid dienone is 1. The Morgan fingerprint density at radius 2 is 1.57 bits per heavy atom. The van der Waals surface area contributed by atoms with Gasteiger partial charge in [-0.25, -0.2) is 4.79 Å². The molecule has 2 aromatic carbocycles. The molecule has 1 aromatic heterocycles. The first kappa shape index (κ1) is 25.5. The normalized spacial score (nSPS) is 11.7. The SMILES string of the molecule is Cc1[nH][n+](C/C=C/c2ccccc2)c(C)c1/C=C/C(=O)Nc1ccccc1NC(=O)OC(C)(C)C. The lowest BCUT2D eigenvalue weighted by molar-refractivity contribution is -0.746. The first-order valence-electron chi connectivity index (χ1n) is 11.5. The van der Waals surface area contributed by atoms with Crippen molar-refractivity contribution in [1.29, 1.82) is 0 Å². The molecule has 3 N–H and O–H groups in total. The third kappa shape index (κ3) is 7.71. The molecule has 7 heteroatoms. The highest BCUT2D eigenvalue weighted by Crippen LogP contribution is 2.22. The Hall–Kier alpha value is -4.13. The summed E-state index contributed by atoms with van der Waals surface area (Å²) in [5.41, 5.74) is 4.41. The highest BCUT2D eigenvalue weighted by atomic mass is 16.6. The fourth-order valence-corrected chi connectivity index (χ4v) is 3.50. The van der Waals surface area contributed by atoms with E-state index in [1.807, 2.05) is 36.7 Å². The van der Waals surface area contributed by atoms with Crippen molar-refractivity contribution in [2.45, 2.75) is 46.8 Å². The third-order valence-corrected chi connectivity index (χ3v) is 5.12. The topological polar surface area (TPSA) is 87.1 Å². The zero-order valence-corrected chi connectivity index (χ0v) is 20.9. The average Bonchev–Trinajstić information content (AvgIpc) is 3.05. The van der Waals surface area contributed by atoms with Gasteiger partial charge in [-0.1, -0.05) is 48.5 Å². The Balaban J connectivity index is 1.65. The minimum atomic E-state index is -0.620. The Kier molecular flexibility index (Phi) is 8.25. The van der Waals surface area contributed by atoms with Gasteiger partial charge in [-0.2, -0.15) is 5.10 Å². The lowest BCUT2D eigenvalue weighted by Crippen LogP contribution is -2.37. The summed E-state index contributed by atoms with van der Waals surface area (Å²) in [4.78, 5) is 24.8. The molecular weight excluding hydrogens is 440 g/mol. The second-order valence-electron chi connectivity index (χ2n) is 9.15. The number of benzene rings is 2. The van der Waals surface area contributed by atoms with Gasteiger partial charge in [0.05, 0.1) is 22.6 Å². The van der Waals surface area contributed by atoms with Crippen molar-refractivity contribution in [3.8, 4) is 0 Å². The van der Waals surface area contributed by atoms with Crippen molar-refractivity contribution < 1.29 is 19.0 Å². The zero-order valence-electron chi connectivity index (χ0n) is 20.9. The van der Waals surface area contributed by atoms with Crippen molar-refractivity contribution in [1.82, 2.24) is 5.10 Å². The first-order chi connectivity index (χ1) is 16.6. The molecule has 0 aliphatic heterocycles. The van der Waals surface area contributed by atoms with Gasteiger partial charge in [0.25, 0.3) is 0 Å². The van der Waals surface area contributed by atoms with E-state index in [1.54, 1.807) is 51.1 Å². The lowest BCUT2D eigenvalue weighted by atomic mass is 10.2. The van der Waals surface area contributed by atoms with Crippen molar-refractivity contribution in [2.75, 3.05) is 10.6 Å². The van der Waals surface area contributed by atoms with E-state index in [4.69, 9.17) is 4.74 Å². The number of H-pyrrole nitrogens is 1. The van der Waals surface area contributed by atoms with Gasteiger partial charge in [-0.15, -0.1) is 4.68 Å². The van der Waals surface area contributed by atoms with Gasteiger partial charge in [0.2, 0.25) is 11.6 Å². The molecule has 3 rings (SSSR count). The smallest absolute Gasteiger partial charge is 0.412 e. The highest BCUT2D eigenvalue weighted by molar-refractivity contribution is 6.05. The van der Waals surface area contributed by atoms with Crippen LogP contribution in [0.4, 0.5) is 16.2 Å². The molecule has 0 atom stereocenters. The number of ether oxygens (including phenoxy) is 1. The number of amides is 2. The molecule has 1 heterocycles. The molecule has 0 radical (unpaired) electrons. The summed E-state index contributed by atoms with van der Waals surface area (Å²) < 4.78 is 7.34. The molecule has 0 aliphatic carbocycles. The van der Waals surface area contributed by atoms with Gasteiger partial charge in [-0.3, -0.25) is 10.1 Å². The average molecular weight is 474 g/mol. The van der Waals surface area contributed by atoms with E-state index in [-0.39, 0.29) is 5.91 Å². The summed E-state index contributed by atoms with van der Waals surface area (Å²) in [5, 5.41) is 8.85. The molecule has 7 nitrogen and oxygen atoms in total. The quantitative estimate of drug-likeness (QED) is 0.307. The van der Waals surface area contributed by atoms with Gasteiger partial charge in [0.1, 0.15) is 5.60 Å². The monoisotopic (exact) mass is 473 g/mol. The van der Waals surface area contributed by atoms with Crippen molar-refractivity contribution >= 4 is 35.5 Å². The number of hydrogen-bond acceptors (Lipinski definition) is 3. The summed E-state index contributed by atoms with van der Waals surface area (Å²) in [6.45, 7) is 10.0. The van der Waals surface area contributed by atoms with Crippen LogP contribution in [0.15, 0.2) is 66.7 Å². The van der Waals surface area contributed by atoms with Crippen LogP contribution in [0.2, 0.25) is 0 Å². The summed E-state index contributed by atoms with van der Waals surface area (Å²) in [7, 11) is 0. The van der Waals surface area contributed by atoms with E-state index in [9.17, 15) is 9.59 Å². The largest absolute Gasteiger partial charge is 0.444 e. The molecule has 0 saturated carbocycles. The Bertz CT molecular complexity index is 1230. The number of para-hydroxylation sites is 2.